The maximum Gasteiger partial charge on any atom is 0.228 e. The fourth-order valence-electron chi connectivity index (χ4n) is 3.09. The van der Waals surface area contributed by atoms with Gasteiger partial charge in [0.25, 0.3) is 0 Å². The molecule has 0 saturated carbocycles. The van der Waals surface area contributed by atoms with E-state index in [9.17, 15) is 4.79 Å². The Labute approximate surface area is 118 Å². The zero-order valence-electron chi connectivity index (χ0n) is 11.6. The monoisotopic (exact) mass is 317 g/mol. The fourth-order valence-corrected chi connectivity index (χ4v) is 3.44. The third kappa shape index (κ3) is 2.74. The number of piperidine rings is 1. The fraction of sp³-hybridized carbons (Fsp3) is 0.929. The van der Waals surface area contributed by atoms with E-state index in [4.69, 9.17) is 4.74 Å². The Morgan fingerprint density at radius 3 is 2.78 bits per heavy atom. The number of alkyl halides is 1. The average molecular weight is 318 g/mol. The maximum absolute atomic E-state index is 12.6. The predicted octanol–water partition coefficient (Wildman–Crippen LogP) is 2.82. The molecular formula is C14H24BrNO2. The van der Waals surface area contributed by atoms with E-state index in [2.05, 4.69) is 41.6 Å². The summed E-state index contributed by atoms with van der Waals surface area (Å²) in [5, 5.41) is 0. The van der Waals surface area contributed by atoms with E-state index in [-0.39, 0.29) is 17.4 Å². The highest BCUT2D eigenvalue weighted by Crippen LogP contribution is 2.36. The number of rotatable bonds is 2. The molecule has 2 rings (SSSR count). The molecule has 104 valence electrons. The topological polar surface area (TPSA) is 29.5 Å². The van der Waals surface area contributed by atoms with Gasteiger partial charge in [0.05, 0.1) is 12.0 Å². The Morgan fingerprint density at radius 1 is 1.44 bits per heavy atom. The highest BCUT2D eigenvalue weighted by Gasteiger charge is 2.41. The summed E-state index contributed by atoms with van der Waals surface area (Å²) in [6, 6.07) is 0. The van der Waals surface area contributed by atoms with E-state index in [0.717, 1.165) is 39.0 Å². The van der Waals surface area contributed by atoms with Crippen LogP contribution in [0.25, 0.3) is 0 Å². The molecule has 0 aliphatic carbocycles. The molecule has 2 fully saturated rings. The van der Waals surface area contributed by atoms with Gasteiger partial charge in [-0.15, -0.1) is 0 Å². The molecule has 4 heteroatoms. The average Bonchev–Trinajstić information content (AvgIpc) is 2.79. The van der Waals surface area contributed by atoms with E-state index < -0.39 is 0 Å². The van der Waals surface area contributed by atoms with Gasteiger partial charge >= 0.3 is 0 Å². The van der Waals surface area contributed by atoms with Gasteiger partial charge in [0.15, 0.2) is 0 Å². The van der Waals surface area contributed by atoms with Crippen LogP contribution in [-0.4, -0.2) is 41.4 Å². The minimum absolute atomic E-state index is 0.0951. The number of carbonyl (C=O) groups excluding carboxylic acids is 1. The van der Waals surface area contributed by atoms with Gasteiger partial charge in [-0.1, -0.05) is 36.7 Å². The second-order valence-electron chi connectivity index (χ2n) is 6.22. The van der Waals surface area contributed by atoms with Crippen LogP contribution in [0.15, 0.2) is 0 Å². The number of carbonyl (C=O) groups is 1. The van der Waals surface area contributed by atoms with Gasteiger partial charge in [0.1, 0.15) is 0 Å². The molecule has 2 aliphatic rings. The number of likely N-dealkylation sites (tertiary alicyclic amines) is 1. The molecule has 0 bridgehead atoms. The molecule has 3 unspecified atom stereocenters. The summed E-state index contributed by atoms with van der Waals surface area (Å²) in [7, 11) is 0. The molecular weight excluding hydrogens is 294 g/mol. The summed E-state index contributed by atoms with van der Waals surface area (Å²) in [6.45, 7) is 9.04. The molecule has 0 aromatic rings. The Hall–Kier alpha value is -0.0900. The van der Waals surface area contributed by atoms with Crippen molar-refractivity contribution in [2.75, 3.05) is 19.7 Å². The summed E-state index contributed by atoms with van der Waals surface area (Å²) in [5.74, 6) is 0.407. The van der Waals surface area contributed by atoms with Gasteiger partial charge in [-0.3, -0.25) is 4.79 Å². The molecule has 0 aromatic carbocycles. The third-order valence-electron chi connectivity index (χ3n) is 4.34. The standard InChI is InChI=1S/C14H24BrNO2/c1-4-11-10(6-8-18-11)13(17)16-7-5-12(15)14(2,3)9-16/h10-12H,4-9H2,1-3H3. The molecule has 2 aliphatic heterocycles. The smallest absolute Gasteiger partial charge is 0.228 e. The van der Waals surface area contributed by atoms with Gasteiger partial charge < -0.3 is 9.64 Å². The zero-order valence-corrected chi connectivity index (χ0v) is 13.2. The summed E-state index contributed by atoms with van der Waals surface area (Å²) in [4.78, 5) is 15.2. The van der Waals surface area contributed by atoms with Gasteiger partial charge in [-0.2, -0.15) is 0 Å². The molecule has 0 N–H and O–H groups in total. The van der Waals surface area contributed by atoms with Crippen LogP contribution in [0.1, 0.15) is 40.0 Å². The second kappa shape index (κ2) is 5.49. The third-order valence-corrected chi connectivity index (χ3v) is 6.04. The van der Waals surface area contributed by atoms with Crippen molar-refractivity contribution in [3.8, 4) is 0 Å². The van der Waals surface area contributed by atoms with Crippen LogP contribution in [-0.2, 0) is 9.53 Å². The van der Waals surface area contributed by atoms with Crippen molar-refractivity contribution < 1.29 is 9.53 Å². The van der Waals surface area contributed by atoms with E-state index in [1.807, 2.05) is 0 Å². The Kier molecular flexibility index (Phi) is 4.37. The van der Waals surface area contributed by atoms with Crippen molar-refractivity contribution in [1.82, 2.24) is 4.90 Å². The zero-order chi connectivity index (χ0) is 13.3. The van der Waals surface area contributed by atoms with Crippen molar-refractivity contribution in [2.24, 2.45) is 11.3 Å². The van der Waals surface area contributed by atoms with Crippen molar-refractivity contribution >= 4 is 21.8 Å². The lowest BCUT2D eigenvalue weighted by Gasteiger charge is -2.43. The summed E-state index contributed by atoms with van der Waals surface area (Å²) >= 11 is 3.73. The molecule has 3 nitrogen and oxygen atoms in total. The number of hydrogen-bond donors (Lipinski definition) is 0. The molecule has 0 radical (unpaired) electrons. The molecule has 18 heavy (non-hydrogen) atoms. The van der Waals surface area contributed by atoms with Crippen LogP contribution in [0, 0.1) is 11.3 Å². The van der Waals surface area contributed by atoms with Crippen LogP contribution < -0.4 is 0 Å². The van der Waals surface area contributed by atoms with Gasteiger partial charge in [-0.05, 0) is 24.7 Å². The lowest BCUT2D eigenvalue weighted by molar-refractivity contribution is -0.140. The lowest BCUT2D eigenvalue weighted by atomic mass is 9.83. The summed E-state index contributed by atoms with van der Waals surface area (Å²) < 4.78 is 5.64. The first-order valence-electron chi connectivity index (χ1n) is 7.00. The van der Waals surface area contributed by atoms with E-state index in [1.54, 1.807) is 0 Å². The number of hydrogen-bond acceptors (Lipinski definition) is 2. The first kappa shape index (κ1) is 14.3. The first-order valence-corrected chi connectivity index (χ1v) is 7.91. The molecule has 1 amide bonds. The lowest BCUT2D eigenvalue weighted by Crippen LogP contribution is -2.51. The maximum atomic E-state index is 12.6. The number of nitrogens with zero attached hydrogens (tertiary/aromatic N) is 1. The summed E-state index contributed by atoms with van der Waals surface area (Å²) in [6.07, 6.45) is 3.02. The normalized spacial score (nSPS) is 35.8. The molecule has 0 spiro atoms. The molecule has 0 aromatic heterocycles. The van der Waals surface area contributed by atoms with Gasteiger partial charge in [0, 0.05) is 24.5 Å². The van der Waals surface area contributed by atoms with Crippen molar-refractivity contribution in [1.29, 1.82) is 0 Å². The Morgan fingerprint density at radius 2 is 2.17 bits per heavy atom. The predicted molar refractivity (Wildman–Crippen MR) is 75.8 cm³/mol. The van der Waals surface area contributed by atoms with Crippen LogP contribution in [0.4, 0.5) is 0 Å². The quantitative estimate of drug-likeness (QED) is 0.733. The highest BCUT2D eigenvalue weighted by atomic mass is 79.9. The van der Waals surface area contributed by atoms with E-state index in [0.29, 0.717) is 10.7 Å². The van der Waals surface area contributed by atoms with Crippen LogP contribution >= 0.6 is 15.9 Å². The Balaban J connectivity index is 2.01. The van der Waals surface area contributed by atoms with Gasteiger partial charge in [0.2, 0.25) is 5.91 Å². The van der Waals surface area contributed by atoms with Crippen LogP contribution in [0.2, 0.25) is 0 Å². The van der Waals surface area contributed by atoms with Crippen LogP contribution in [0.5, 0.6) is 0 Å². The van der Waals surface area contributed by atoms with E-state index in [1.165, 1.54) is 0 Å². The number of ether oxygens (including phenoxy) is 1. The largest absolute Gasteiger partial charge is 0.377 e. The second-order valence-corrected chi connectivity index (χ2v) is 7.32. The van der Waals surface area contributed by atoms with Crippen molar-refractivity contribution in [2.45, 2.75) is 51.0 Å². The summed E-state index contributed by atoms with van der Waals surface area (Å²) in [5.41, 5.74) is 0.162. The SMILES string of the molecule is CCC1OCCC1C(=O)N1CCC(Br)C(C)(C)C1. The highest BCUT2D eigenvalue weighted by molar-refractivity contribution is 9.09. The molecule has 3 atom stereocenters. The Bertz CT molecular complexity index is 319. The number of amides is 1. The van der Waals surface area contributed by atoms with Crippen molar-refractivity contribution in [3.63, 3.8) is 0 Å². The first-order chi connectivity index (χ1) is 8.45. The van der Waals surface area contributed by atoms with E-state index >= 15 is 0 Å². The molecule has 2 saturated heterocycles. The molecule has 2 heterocycles. The minimum Gasteiger partial charge on any atom is -0.377 e. The van der Waals surface area contributed by atoms with Crippen LogP contribution in [0.3, 0.4) is 0 Å². The van der Waals surface area contributed by atoms with Crippen molar-refractivity contribution in [3.05, 3.63) is 0 Å². The minimum atomic E-state index is 0.0951. The number of halogens is 1. The van der Waals surface area contributed by atoms with Gasteiger partial charge in [-0.25, -0.2) is 0 Å².